The van der Waals surface area contributed by atoms with E-state index in [9.17, 15) is 26.7 Å². The number of hydrogen-bond donors (Lipinski definition) is 0. The van der Waals surface area contributed by atoms with E-state index in [1.165, 1.54) is 18.3 Å². The monoisotopic (exact) mass is 287 g/mol. The van der Waals surface area contributed by atoms with Crippen molar-refractivity contribution in [1.29, 1.82) is 0 Å². The summed E-state index contributed by atoms with van der Waals surface area (Å²) in [6.45, 7) is 0.874. The molecule has 0 radical (unpaired) electrons. The first kappa shape index (κ1) is 14.9. The van der Waals surface area contributed by atoms with Crippen LogP contribution in [-0.4, -0.2) is 29.5 Å². The molecule has 0 unspecified atom stereocenters. The van der Waals surface area contributed by atoms with E-state index in [0.717, 1.165) is 0 Å². The van der Waals surface area contributed by atoms with Gasteiger partial charge in [0.1, 0.15) is 0 Å². The van der Waals surface area contributed by atoms with Crippen LogP contribution in [-0.2, 0) is 11.3 Å². The van der Waals surface area contributed by atoms with Gasteiger partial charge in [-0.3, -0.25) is 4.79 Å². The van der Waals surface area contributed by atoms with Crippen molar-refractivity contribution < 1.29 is 26.7 Å². The standard InChI is InChI=1S/C10H10F5NOS/c1-2-16(6-7-4-3-5-18-7)8(17)9(11,12)10(13,14)15/h3-5H,2,6H2,1H3. The smallest absolute Gasteiger partial charge is 0.332 e. The van der Waals surface area contributed by atoms with Crippen molar-refractivity contribution in [3.8, 4) is 0 Å². The molecule has 1 rings (SSSR count). The zero-order chi connectivity index (χ0) is 14.0. The number of amides is 1. The fraction of sp³-hybridized carbons (Fsp3) is 0.500. The molecule has 0 aliphatic heterocycles. The fourth-order valence-electron chi connectivity index (χ4n) is 1.24. The Morgan fingerprint density at radius 2 is 1.94 bits per heavy atom. The normalized spacial score (nSPS) is 12.6. The molecule has 0 aliphatic rings. The fourth-order valence-corrected chi connectivity index (χ4v) is 1.96. The maximum absolute atomic E-state index is 12.9. The van der Waals surface area contributed by atoms with Gasteiger partial charge in [-0.15, -0.1) is 11.3 Å². The Labute approximate surface area is 104 Å². The van der Waals surface area contributed by atoms with Gasteiger partial charge in [0.15, 0.2) is 0 Å². The van der Waals surface area contributed by atoms with Crippen molar-refractivity contribution in [3.63, 3.8) is 0 Å². The quantitative estimate of drug-likeness (QED) is 0.778. The minimum Gasteiger partial charge on any atom is -0.332 e. The summed E-state index contributed by atoms with van der Waals surface area (Å²) in [4.78, 5) is 12.3. The number of thiophene rings is 1. The molecule has 102 valence electrons. The average molecular weight is 287 g/mol. The second kappa shape index (κ2) is 5.21. The molecule has 0 N–H and O–H groups in total. The van der Waals surface area contributed by atoms with Crippen LogP contribution in [0.5, 0.6) is 0 Å². The van der Waals surface area contributed by atoms with E-state index in [4.69, 9.17) is 0 Å². The van der Waals surface area contributed by atoms with Gasteiger partial charge in [0.25, 0.3) is 0 Å². The van der Waals surface area contributed by atoms with Crippen molar-refractivity contribution in [2.45, 2.75) is 25.6 Å². The molecule has 2 nitrogen and oxygen atoms in total. The van der Waals surface area contributed by atoms with Crippen molar-refractivity contribution in [2.24, 2.45) is 0 Å². The van der Waals surface area contributed by atoms with Gasteiger partial charge in [-0.05, 0) is 18.4 Å². The summed E-state index contributed by atoms with van der Waals surface area (Å²) < 4.78 is 61.9. The second-order valence-corrected chi connectivity index (χ2v) is 4.50. The lowest BCUT2D eigenvalue weighted by Gasteiger charge is -2.26. The highest BCUT2D eigenvalue weighted by Crippen LogP contribution is 2.37. The summed E-state index contributed by atoms with van der Waals surface area (Å²) in [5, 5.41) is 1.65. The molecule has 0 aromatic carbocycles. The average Bonchev–Trinajstić information content (AvgIpc) is 2.75. The first-order chi connectivity index (χ1) is 8.20. The summed E-state index contributed by atoms with van der Waals surface area (Å²) >= 11 is 1.18. The lowest BCUT2D eigenvalue weighted by molar-refractivity contribution is -0.274. The van der Waals surface area contributed by atoms with Gasteiger partial charge in [-0.2, -0.15) is 22.0 Å². The van der Waals surface area contributed by atoms with Crippen molar-refractivity contribution in [2.75, 3.05) is 6.54 Å². The zero-order valence-corrected chi connectivity index (χ0v) is 10.1. The van der Waals surface area contributed by atoms with Crippen LogP contribution in [0.2, 0.25) is 0 Å². The van der Waals surface area contributed by atoms with Crippen LogP contribution in [0, 0.1) is 0 Å². The predicted molar refractivity (Wildman–Crippen MR) is 56.4 cm³/mol. The Bertz CT molecular complexity index is 401. The Balaban J connectivity index is 2.86. The van der Waals surface area contributed by atoms with Gasteiger partial charge in [0, 0.05) is 11.4 Å². The SMILES string of the molecule is CCN(Cc1cccs1)C(=O)C(F)(F)C(F)(F)F. The van der Waals surface area contributed by atoms with E-state index in [-0.39, 0.29) is 13.1 Å². The zero-order valence-electron chi connectivity index (χ0n) is 9.30. The van der Waals surface area contributed by atoms with Crippen LogP contribution in [0.3, 0.4) is 0 Å². The number of rotatable bonds is 4. The predicted octanol–water partition coefficient (Wildman–Crippen LogP) is 3.29. The molecule has 8 heteroatoms. The maximum Gasteiger partial charge on any atom is 0.463 e. The molecule has 1 amide bonds. The van der Waals surface area contributed by atoms with E-state index in [1.54, 1.807) is 17.5 Å². The molecule has 0 bridgehead atoms. The number of alkyl halides is 5. The van der Waals surface area contributed by atoms with Gasteiger partial charge in [0.05, 0.1) is 6.54 Å². The highest BCUT2D eigenvalue weighted by atomic mass is 32.1. The van der Waals surface area contributed by atoms with Crippen molar-refractivity contribution >= 4 is 17.2 Å². The molecule has 0 aliphatic carbocycles. The molecule has 1 heterocycles. The van der Waals surface area contributed by atoms with Crippen molar-refractivity contribution in [1.82, 2.24) is 4.90 Å². The summed E-state index contributed by atoms with van der Waals surface area (Å²) in [6.07, 6.45) is -5.87. The molecule has 18 heavy (non-hydrogen) atoms. The Kier molecular flexibility index (Phi) is 4.31. The van der Waals surface area contributed by atoms with Crippen LogP contribution >= 0.6 is 11.3 Å². The van der Waals surface area contributed by atoms with Gasteiger partial charge in [0.2, 0.25) is 0 Å². The Morgan fingerprint density at radius 1 is 1.33 bits per heavy atom. The third-order valence-electron chi connectivity index (χ3n) is 2.22. The molecule has 0 fully saturated rings. The number of halogens is 5. The van der Waals surface area contributed by atoms with Crippen LogP contribution in [0.4, 0.5) is 22.0 Å². The van der Waals surface area contributed by atoms with Gasteiger partial charge >= 0.3 is 18.0 Å². The molecule has 1 aromatic heterocycles. The summed E-state index contributed by atoms with van der Waals surface area (Å²) in [5.74, 6) is -7.56. The number of carbonyl (C=O) groups is 1. The third kappa shape index (κ3) is 2.98. The van der Waals surface area contributed by atoms with Gasteiger partial charge in [-0.1, -0.05) is 6.07 Å². The van der Waals surface area contributed by atoms with E-state index in [2.05, 4.69) is 0 Å². The second-order valence-electron chi connectivity index (χ2n) is 3.47. The molecular formula is C10H10F5NOS. The minimum absolute atomic E-state index is 0.220. The summed E-state index contributed by atoms with van der Waals surface area (Å²) in [6, 6.07) is 3.19. The molecule has 1 aromatic rings. The van der Waals surface area contributed by atoms with Gasteiger partial charge < -0.3 is 4.90 Å². The highest BCUT2D eigenvalue weighted by molar-refractivity contribution is 7.09. The van der Waals surface area contributed by atoms with Crippen LogP contribution in [0.1, 0.15) is 11.8 Å². The van der Waals surface area contributed by atoms with Crippen LogP contribution in [0.25, 0.3) is 0 Å². The summed E-state index contributed by atoms with van der Waals surface area (Å²) in [5.41, 5.74) is 0. The molecule has 0 saturated heterocycles. The largest absolute Gasteiger partial charge is 0.463 e. The highest BCUT2D eigenvalue weighted by Gasteiger charge is 2.64. The number of hydrogen-bond acceptors (Lipinski definition) is 2. The molecule has 0 saturated carbocycles. The number of carbonyl (C=O) groups excluding carboxylic acids is 1. The lowest BCUT2D eigenvalue weighted by Crippen LogP contribution is -2.51. The third-order valence-corrected chi connectivity index (χ3v) is 3.08. The van der Waals surface area contributed by atoms with E-state index in [0.29, 0.717) is 9.78 Å². The molecular weight excluding hydrogens is 277 g/mol. The van der Waals surface area contributed by atoms with Gasteiger partial charge in [-0.25, -0.2) is 0 Å². The Hall–Kier alpha value is -1.18. The first-order valence-corrected chi connectivity index (χ1v) is 5.84. The first-order valence-electron chi connectivity index (χ1n) is 4.96. The summed E-state index contributed by atoms with van der Waals surface area (Å²) in [7, 11) is 0. The minimum atomic E-state index is -5.87. The van der Waals surface area contributed by atoms with Crippen LogP contribution < -0.4 is 0 Å². The maximum atomic E-state index is 12.9. The molecule has 0 spiro atoms. The van der Waals surface area contributed by atoms with Crippen molar-refractivity contribution in [3.05, 3.63) is 22.4 Å². The lowest BCUT2D eigenvalue weighted by atomic mass is 10.2. The van der Waals surface area contributed by atoms with E-state index in [1.807, 2.05) is 0 Å². The molecule has 0 atom stereocenters. The van der Waals surface area contributed by atoms with E-state index >= 15 is 0 Å². The topological polar surface area (TPSA) is 20.3 Å². The van der Waals surface area contributed by atoms with Crippen LogP contribution in [0.15, 0.2) is 17.5 Å². The Morgan fingerprint density at radius 3 is 2.33 bits per heavy atom. The number of nitrogens with zero attached hydrogens (tertiary/aromatic N) is 1. The van der Waals surface area contributed by atoms with E-state index < -0.39 is 18.0 Å².